The SMILES string of the molecule is CCNC(=O)CN1Cc2ccc(N3CCCC3=O)cc2C1=O. The van der Waals surface area contributed by atoms with Crippen molar-refractivity contribution in [3.63, 3.8) is 0 Å². The van der Waals surface area contributed by atoms with Crippen LogP contribution in [0.4, 0.5) is 5.69 Å². The van der Waals surface area contributed by atoms with E-state index in [4.69, 9.17) is 0 Å². The molecule has 1 aromatic rings. The van der Waals surface area contributed by atoms with Gasteiger partial charge in [0, 0.05) is 37.3 Å². The maximum Gasteiger partial charge on any atom is 0.255 e. The van der Waals surface area contributed by atoms with E-state index >= 15 is 0 Å². The smallest absolute Gasteiger partial charge is 0.255 e. The third-order valence-corrected chi connectivity index (χ3v) is 4.07. The van der Waals surface area contributed by atoms with Crippen LogP contribution in [-0.2, 0) is 16.1 Å². The van der Waals surface area contributed by atoms with Crippen LogP contribution in [0.5, 0.6) is 0 Å². The summed E-state index contributed by atoms with van der Waals surface area (Å²) >= 11 is 0. The molecule has 1 N–H and O–H groups in total. The lowest BCUT2D eigenvalue weighted by molar-refractivity contribution is -0.121. The molecule has 0 aromatic heterocycles. The normalized spacial score (nSPS) is 17.1. The Morgan fingerprint density at radius 3 is 2.82 bits per heavy atom. The van der Waals surface area contributed by atoms with Crippen molar-refractivity contribution in [3.05, 3.63) is 29.3 Å². The van der Waals surface area contributed by atoms with Gasteiger partial charge >= 0.3 is 0 Å². The highest BCUT2D eigenvalue weighted by Crippen LogP contribution is 2.29. The van der Waals surface area contributed by atoms with Gasteiger partial charge in [0.2, 0.25) is 11.8 Å². The van der Waals surface area contributed by atoms with Gasteiger partial charge in [-0.25, -0.2) is 0 Å². The molecule has 1 fully saturated rings. The molecule has 0 saturated carbocycles. The van der Waals surface area contributed by atoms with E-state index in [-0.39, 0.29) is 24.3 Å². The van der Waals surface area contributed by atoms with Crippen molar-refractivity contribution in [3.8, 4) is 0 Å². The number of amides is 3. The monoisotopic (exact) mass is 301 g/mol. The fraction of sp³-hybridized carbons (Fsp3) is 0.438. The number of carbonyl (C=O) groups excluding carboxylic acids is 3. The van der Waals surface area contributed by atoms with E-state index in [0.29, 0.717) is 31.6 Å². The highest BCUT2D eigenvalue weighted by atomic mass is 16.2. The van der Waals surface area contributed by atoms with Crippen LogP contribution in [0.1, 0.15) is 35.7 Å². The van der Waals surface area contributed by atoms with Gasteiger partial charge in [0.15, 0.2) is 0 Å². The summed E-state index contributed by atoms with van der Waals surface area (Å²) in [5, 5.41) is 2.70. The Morgan fingerprint density at radius 2 is 2.14 bits per heavy atom. The minimum atomic E-state index is -0.154. The largest absolute Gasteiger partial charge is 0.355 e. The van der Waals surface area contributed by atoms with Crippen molar-refractivity contribution in [1.82, 2.24) is 10.2 Å². The quantitative estimate of drug-likeness (QED) is 0.898. The second kappa shape index (κ2) is 5.79. The fourth-order valence-corrected chi connectivity index (χ4v) is 2.99. The summed E-state index contributed by atoms with van der Waals surface area (Å²) in [6.07, 6.45) is 1.42. The van der Waals surface area contributed by atoms with Crippen LogP contribution >= 0.6 is 0 Å². The molecule has 2 heterocycles. The van der Waals surface area contributed by atoms with E-state index in [1.54, 1.807) is 11.0 Å². The predicted octanol–water partition coefficient (Wildman–Crippen LogP) is 0.905. The third kappa shape index (κ3) is 2.56. The number of hydrogen-bond acceptors (Lipinski definition) is 3. The summed E-state index contributed by atoms with van der Waals surface area (Å²) in [6, 6.07) is 5.54. The number of benzene rings is 1. The van der Waals surface area contributed by atoms with Gasteiger partial charge in [-0.15, -0.1) is 0 Å². The Balaban J connectivity index is 1.78. The topological polar surface area (TPSA) is 69.7 Å². The summed E-state index contributed by atoms with van der Waals surface area (Å²) in [5.41, 5.74) is 2.28. The first-order chi connectivity index (χ1) is 10.6. The fourth-order valence-electron chi connectivity index (χ4n) is 2.99. The predicted molar refractivity (Wildman–Crippen MR) is 81.5 cm³/mol. The van der Waals surface area contributed by atoms with Crippen LogP contribution in [0, 0.1) is 0 Å². The number of nitrogens with one attached hydrogen (secondary N) is 1. The van der Waals surface area contributed by atoms with E-state index in [1.807, 2.05) is 19.1 Å². The molecule has 3 rings (SSSR count). The van der Waals surface area contributed by atoms with Crippen LogP contribution in [-0.4, -0.2) is 42.3 Å². The first-order valence-corrected chi connectivity index (χ1v) is 7.59. The lowest BCUT2D eigenvalue weighted by atomic mass is 10.1. The highest BCUT2D eigenvalue weighted by Gasteiger charge is 2.30. The minimum absolute atomic E-state index is 0.0688. The van der Waals surface area contributed by atoms with E-state index < -0.39 is 0 Å². The van der Waals surface area contributed by atoms with Crippen LogP contribution in [0.15, 0.2) is 18.2 Å². The van der Waals surface area contributed by atoms with E-state index in [1.165, 1.54) is 4.90 Å². The zero-order valence-electron chi connectivity index (χ0n) is 12.6. The molecule has 22 heavy (non-hydrogen) atoms. The van der Waals surface area contributed by atoms with E-state index in [2.05, 4.69) is 5.32 Å². The van der Waals surface area contributed by atoms with Crippen LogP contribution in [0.3, 0.4) is 0 Å². The van der Waals surface area contributed by atoms with Crippen molar-refractivity contribution < 1.29 is 14.4 Å². The zero-order valence-corrected chi connectivity index (χ0v) is 12.6. The van der Waals surface area contributed by atoms with E-state index in [9.17, 15) is 14.4 Å². The van der Waals surface area contributed by atoms with Crippen molar-refractivity contribution in [1.29, 1.82) is 0 Å². The number of anilines is 1. The van der Waals surface area contributed by atoms with Gasteiger partial charge in [-0.3, -0.25) is 14.4 Å². The van der Waals surface area contributed by atoms with E-state index in [0.717, 1.165) is 17.7 Å². The molecule has 2 aliphatic heterocycles. The Hall–Kier alpha value is -2.37. The van der Waals surface area contributed by atoms with Crippen LogP contribution in [0.2, 0.25) is 0 Å². The third-order valence-electron chi connectivity index (χ3n) is 4.07. The summed E-state index contributed by atoms with van der Waals surface area (Å²) in [5.74, 6) is -0.196. The highest BCUT2D eigenvalue weighted by molar-refractivity contribution is 6.02. The molecule has 6 heteroatoms. The average molecular weight is 301 g/mol. The van der Waals surface area contributed by atoms with Gasteiger partial charge < -0.3 is 15.1 Å². The van der Waals surface area contributed by atoms with Gasteiger partial charge in [-0.1, -0.05) is 6.07 Å². The number of likely N-dealkylation sites (N-methyl/N-ethyl adjacent to an activating group) is 1. The number of nitrogens with zero attached hydrogens (tertiary/aromatic N) is 2. The number of carbonyl (C=O) groups is 3. The maximum atomic E-state index is 12.4. The maximum absolute atomic E-state index is 12.4. The summed E-state index contributed by atoms with van der Waals surface area (Å²) in [7, 11) is 0. The van der Waals surface area contributed by atoms with Crippen LogP contribution in [0.25, 0.3) is 0 Å². The molecule has 1 aromatic carbocycles. The van der Waals surface area contributed by atoms with Gasteiger partial charge in [-0.05, 0) is 31.0 Å². The van der Waals surface area contributed by atoms with Crippen molar-refractivity contribution >= 4 is 23.4 Å². The second-order valence-corrected chi connectivity index (χ2v) is 5.61. The van der Waals surface area contributed by atoms with Crippen LogP contribution < -0.4 is 10.2 Å². The van der Waals surface area contributed by atoms with Gasteiger partial charge in [0.25, 0.3) is 5.91 Å². The Bertz CT molecular complexity index is 642. The van der Waals surface area contributed by atoms with Crippen molar-refractivity contribution in [2.75, 3.05) is 24.5 Å². The lowest BCUT2D eigenvalue weighted by Crippen LogP contribution is -2.37. The molecule has 3 amide bonds. The summed E-state index contributed by atoms with van der Waals surface area (Å²) in [6.45, 7) is 3.61. The number of fused-ring (bicyclic) bond motifs is 1. The number of rotatable bonds is 4. The minimum Gasteiger partial charge on any atom is -0.355 e. The molecule has 0 unspecified atom stereocenters. The zero-order chi connectivity index (χ0) is 15.7. The molecular formula is C16H19N3O3. The molecule has 0 aliphatic carbocycles. The van der Waals surface area contributed by atoms with Crippen molar-refractivity contribution in [2.24, 2.45) is 0 Å². The Morgan fingerprint density at radius 1 is 1.32 bits per heavy atom. The molecule has 0 atom stereocenters. The van der Waals surface area contributed by atoms with Gasteiger partial charge in [0.05, 0.1) is 0 Å². The molecule has 6 nitrogen and oxygen atoms in total. The molecule has 0 radical (unpaired) electrons. The standard InChI is InChI=1S/C16H19N3O3/c1-2-17-14(20)10-18-9-11-5-6-12(8-13(11)16(18)22)19-7-3-4-15(19)21/h5-6,8H,2-4,7,9-10H2,1H3,(H,17,20). The molecule has 1 saturated heterocycles. The average Bonchev–Trinajstić information content (AvgIpc) is 3.04. The van der Waals surface area contributed by atoms with Gasteiger partial charge in [-0.2, -0.15) is 0 Å². The number of hydrogen-bond donors (Lipinski definition) is 1. The lowest BCUT2D eigenvalue weighted by Gasteiger charge is -2.16. The molecular weight excluding hydrogens is 282 g/mol. The Kier molecular flexibility index (Phi) is 3.83. The first kappa shape index (κ1) is 14.6. The Labute approximate surface area is 129 Å². The van der Waals surface area contributed by atoms with Gasteiger partial charge in [0.1, 0.15) is 6.54 Å². The summed E-state index contributed by atoms with van der Waals surface area (Å²) in [4.78, 5) is 39.2. The molecule has 0 bridgehead atoms. The van der Waals surface area contributed by atoms with Crippen molar-refractivity contribution in [2.45, 2.75) is 26.3 Å². The first-order valence-electron chi connectivity index (χ1n) is 7.59. The summed E-state index contributed by atoms with van der Waals surface area (Å²) < 4.78 is 0. The molecule has 116 valence electrons. The second-order valence-electron chi connectivity index (χ2n) is 5.61. The molecule has 0 spiro atoms. The molecule has 2 aliphatic rings.